The van der Waals surface area contributed by atoms with Crippen LogP contribution in [0.4, 0.5) is 16.2 Å². The van der Waals surface area contributed by atoms with E-state index in [2.05, 4.69) is 10.6 Å². The van der Waals surface area contributed by atoms with E-state index in [1.807, 2.05) is 0 Å². The Morgan fingerprint density at radius 1 is 1.33 bits per heavy atom. The zero-order valence-electron chi connectivity index (χ0n) is 11.9. The van der Waals surface area contributed by atoms with Gasteiger partial charge in [-0.3, -0.25) is 10.1 Å². The monoisotopic (exact) mass is 295 g/mol. The molecule has 0 unspecified atom stereocenters. The van der Waals surface area contributed by atoms with Crippen molar-refractivity contribution in [3.8, 4) is 0 Å². The van der Waals surface area contributed by atoms with E-state index in [0.29, 0.717) is 5.56 Å². The van der Waals surface area contributed by atoms with Gasteiger partial charge in [0.1, 0.15) is 6.04 Å². The van der Waals surface area contributed by atoms with Crippen molar-refractivity contribution in [3.05, 3.63) is 33.9 Å². The highest BCUT2D eigenvalue weighted by Crippen LogP contribution is 2.22. The Kier molecular flexibility index (Phi) is 5.23. The third-order valence-electron chi connectivity index (χ3n) is 2.88. The highest BCUT2D eigenvalue weighted by molar-refractivity contribution is 5.92. The number of aryl methyl sites for hydroxylation is 1. The molecule has 0 aliphatic rings. The summed E-state index contributed by atoms with van der Waals surface area (Å²) in [5.74, 6) is -1.43. The summed E-state index contributed by atoms with van der Waals surface area (Å²) in [6.07, 6.45) is 0. The molecule has 1 aromatic rings. The number of nitro groups is 1. The van der Waals surface area contributed by atoms with Gasteiger partial charge in [0, 0.05) is 17.3 Å². The Balaban J connectivity index is 2.82. The van der Waals surface area contributed by atoms with Crippen LogP contribution in [0.5, 0.6) is 0 Å². The molecule has 1 aromatic carbocycles. The van der Waals surface area contributed by atoms with E-state index in [4.69, 9.17) is 5.11 Å². The normalized spacial score (nSPS) is 11.8. The Labute approximate surface area is 121 Å². The van der Waals surface area contributed by atoms with E-state index in [1.165, 1.54) is 18.2 Å². The van der Waals surface area contributed by atoms with Crippen molar-refractivity contribution in [2.24, 2.45) is 5.92 Å². The average Bonchev–Trinajstić information content (AvgIpc) is 2.37. The number of hydrogen-bond donors (Lipinski definition) is 3. The number of nitrogens with one attached hydrogen (secondary N) is 2. The van der Waals surface area contributed by atoms with Gasteiger partial charge in [-0.1, -0.05) is 19.9 Å². The molecule has 8 nitrogen and oxygen atoms in total. The second-order valence-corrected chi connectivity index (χ2v) is 4.92. The summed E-state index contributed by atoms with van der Waals surface area (Å²) in [6.45, 7) is 4.91. The fraction of sp³-hybridized carbons (Fsp3) is 0.385. The Hall–Kier alpha value is -2.64. The number of carbonyl (C=O) groups is 2. The van der Waals surface area contributed by atoms with Crippen LogP contribution in [-0.2, 0) is 4.79 Å². The van der Waals surface area contributed by atoms with Crippen molar-refractivity contribution in [2.45, 2.75) is 26.8 Å². The Morgan fingerprint density at radius 2 is 1.95 bits per heavy atom. The van der Waals surface area contributed by atoms with Crippen LogP contribution in [0.15, 0.2) is 18.2 Å². The third kappa shape index (κ3) is 4.44. The van der Waals surface area contributed by atoms with Gasteiger partial charge in [-0.25, -0.2) is 9.59 Å². The van der Waals surface area contributed by atoms with Crippen molar-refractivity contribution < 1.29 is 19.6 Å². The quantitative estimate of drug-likeness (QED) is 0.567. The minimum absolute atomic E-state index is 0.119. The number of nitrogens with zero attached hydrogens (tertiary/aromatic N) is 1. The van der Waals surface area contributed by atoms with Crippen molar-refractivity contribution in [2.75, 3.05) is 5.32 Å². The van der Waals surface area contributed by atoms with Crippen LogP contribution in [0.2, 0.25) is 0 Å². The molecule has 0 aliphatic carbocycles. The zero-order valence-corrected chi connectivity index (χ0v) is 11.9. The SMILES string of the molecule is Cc1ccc(NC(=O)N[C@H](C(=O)O)C(C)C)cc1[N+](=O)[O-]. The maximum atomic E-state index is 11.7. The summed E-state index contributed by atoms with van der Waals surface area (Å²) in [4.78, 5) is 33.0. The van der Waals surface area contributed by atoms with Gasteiger partial charge in [0.05, 0.1) is 4.92 Å². The van der Waals surface area contributed by atoms with Crippen molar-refractivity contribution in [3.63, 3.8) is 0 Å². The first-order valence-electron chi connectivity index (χ1n) is 6.27. The molecule has 1 rings (SSSR count). The molecule has 0 spiro atoms. The average molecular weight is 295 g/mol. The number of amides is 2. The fourth-order valence-electron chi connectivity index (χ4n) is 1.71. The first kappa shape index (κ1) is 16.4. The standard InChI is InChI=1S/C13H17N3O5/c1-7(2)11(12(17)18)15-13(19)14-9-5-4-8(3)10(6-9)16(20)21/h4-7,11H,1-3H3,(H,17,18)(H2,14,15,19)/t11-/m0/s1. The molecule has 1 atom stereocenters. The van der Waals surface area contributed by atoms with Crippen LogP contribution < -0.4 is 10.6 Å². The lowest BCUT2D eigenvalue weighted by Gasteiger charge is -2.18. The molecule has 21 heavy (non-hydrogen) atoms. The van der Waals surface area contributed by atoms with Gasteiger partial charge in [0.25, 0.3) is 5.69 Å². The van der Waals surface area contributed by atoms with Gasteiger partial charge in [-0.2, -0.15) is 0 Å². The number of rotatable bonds is 5. The number of benzene rings is 1. The van der Waals surface area contributed by atoms with Crippen molar-refractivity contribution in [1.82, 2.24) is 5.32 Å². The van der Waals surface area contributed by atoms with Crippen molar-refractivity contribution >= 4 is 23.4 Å². The lowest BCUT2D eigenvalue weighted by Crippen LogP contribution is -2.46. The van der Waals surface area contributed by atoms with E-state index >= 15 is 0 Å². The van der Waals surface area contributed by atoms with Gasteiger partial charge in [-0.15, -0.1) is 0 Å². The molecule has 0 bridgehead atoms. The zero-order chi connectivity index (χ0) is 16.2. The predicted molar refractivity (Wildman–Crippen MR) is 76.2 cm³/mol. The van der Waals surface area contributed by atoms with E-state index < -0.39 is 23.0 Å². The van der Waals surface area contributed by atoms with Gasteiger partial charge < -0.3 is 15.7 Å². The van der Waals surface area contributed by atoms with Gasteiger partial charge >= 0.3 is 12.0 Å². The fourth-order valence-corrected chi connectivity index (χ4v) is 1.71. The predicted octanol–water partition coefficient (Wildman–Crippen LogP) is 2.13. The smallest absolute Gasteiger partial charge is 0.326 e. The number of carboxylic acids is 1. The topological polar surface area (TPSA) is 122 Å². The molecule has 0 aliphatic heterocycles. The number of nitro benzene ring substituents is 1. The van der Waals surface area contributed by atoms with Crippen LogP contribution in [0.25, 0.3) is 0 Å². The van der Waals surface area contributed by atoms with Crippen LogP contribution in [0.3, 0.4) is 0 Å². The number of hydrogen-bond acceptors (Lipinski definition) is 4. The summed E-state index contributed by atoms with van der Waals surface area (Å²) in [7, 11) is 0. The summed E-state index contributed by atoms with van der Waals surface area (Å²) < 4.78 is 0. The van der Waals surface area contributed by atoms with Crippen LogP contribution >= 0.6 is 0 Å². The molecule has 0 aromatic heterocycles. The molecule has 0 radical (unpaired) electrons. The largest absolute Gasteiger partial charge is 0.480 e. The molecule has 2 amide bonds. The maximum Gasteiger partial charge on any atom is 0.326 e. The number of anilines is 1. The highest BCUT2D eigenvalue weighted by atomic mass is 16.6. The lowest BCUT2D eigenvalue weighted by atomic mass is 10.1. The summed E-state index contributed by atoms with van der Waals surface area (Å²) >= 11 is 0. The molecule has 0 fully saturated rings. The van der Waals surface area contributed by atoms with Crippen LogP contribution in [0, 0.1) is 23.0 Å². The number of carboxylic acid groups (broad SMARTS) is 1. The maximum absolute atomic E-state index is 11.7. The van der Waals surface area contributed by atoms with Crippen LogP contribution in [-0.4, -0.2) is 28.1 Å². The Bertz CT molecular complexity index is 571. The molecule has 114 valence electrons. The molecule has 0 saturated carbocycles. The molecule has 0 saturated heterocycles. The van der Waals surface area contributed by atoms with E-state index in [1.54, 1.807) is 20.8 Å². The van der Waals surface area contributed by atoms with E-state index in [0.717, 1.165) is 0 Å². The second-order valence-electron chi connectivity index (χ2n) is 4.92. The first-order valence-corrected chi connectivity index (χ1v) is 6.27. The summed E-state index contributed by atoms with van der Waals surface area (Å²) in [5.41, 5.74) is 0.570. The van der Waals surface area contributed by atoms with Gasteiger partial charge in [0.2, 0.25) is 0 Å². The molecule has 0 heterocycles. The summed E-state index contributed by atoms with van der Waals surface area (Å²) in [6, 6.07) is 2.47. The minimum Gasteiger partial charge on any atom is -0.480 e. The first-order chi connectivity index (χ1) is 9.72. The summed E-state index contributed by atoms with van der Waals surface area (Å²) in [5, 5.41) is 24.5. The lowest BCUT2D eigenvalue weighted by molar-refractivity contribution is -0.385. The van der Waals surface area contributed by atoms with Crippen LogP contribution in [0.1, 0.15) is 19.4 Å². The number of aliphatic carboxylic acids is 1. The van der Waals surface area contributed by atoms with Gasteiger partial charge in [0.15, 0.2) is 0 Å². The highest BCUT2D eigenvalue weighted by Gasteiger charge is 2.23. The van der Waals surface area contributed by atoms with Crippen molar-refractivity contribution in [1.29, 1.82) is 0 Å². The molecular formula is C13H17N3O5. The van der Waals surface area contributed by atoms with E-state index in [-0.39, 0.29) is 17.3 Å². The number of urea groups is 1. The Morgan fingerprint density at radius 3 is 2.43 bits per heavy atom. The molecular weight excluding hydrogens is 278 g/mol. The molecule has 8 heteroatoms. The second kappa shape index (κ2) is 6.69. The van der Waals surface area contributed by atoms with E-state index in [9.17, 15) is 19.7 Å². The third-order valence-corrected chi connectivity index (χ3v) is 2.88. The number of carbonyl (C=O) groups excluding carboxylic acids is 1. The minimum atomic E-state index is -1.14. The molecule has 3 N–H and O–H groups in total. The van der Waals surface area contributed by atoms with Gasteiger partial charge in [-0.05, 0) is 18.9 Å².